The second-order valence-electron chi connectivity index (χ2n) is 9.10. The molecule has 0 radical (unpaired) electrons. The summed E-state index contributed by atoms with van der Waals surface area (Å²) >= 11 is 0. The zero-order valence-corrected chi connectivity index (χ0v) is 19.8. The number of likely N-dealkylation sites (N-methyl/N-ethyl adjacent to an activating group) is 1. The van der Waals surface area contributed by atoms with Gasteiger partial charge in [0.25, 0.3) is 17.4 Å². The number of carbonyl (C=O) groups is 3. The summed E-state index contributed by atoms with van der Waals surface area (Å²) in [6.45, 7) is 1.37. The fraction of sp³-hybridized carbons (Fsp3) is 0.375. The fourth-order valence-corrected chi connectivity index (χ4v) is 4.72. The Morgan fingerprint density at radius 1 is 1.14 bits per heavy atom. The predicted octanol–water partition coefficient (Wildman–Crippen LogP) is -0.212. The van der Waals surface area contributed by atoms with Gasteiger partial charge in [-0.2, -0.15) is 0 Å². The number of aromatic nitrogens is 5. The molecule has 3 amide bonds. The molecule has 2 atom stereocenters. The maximum Gasteiger partial charge on any atom is 0.263 e. The highest BCUT2D eigenvalue weighted by Crippen LogP contribution is 2.31. The molecule has 0 spiro atoms. The van der Waals surface area contributed by atoms with Crippen LogP contribution in [-0.4, -0.2) is 85.3 Å². The molecule has 3 aromatic rings. The number of amides is 3. The van der Waals surface area contributed by atoms with E-state index in [0.29, 0.717) is 24.3 Å². The van der Waals surface area contributed by atoms with Crippen molar-refractivity contribution in [3.8, 4) is 0 Å². The van der Waals surface area contributed by atoms with Gasteiger partial charge in [-0.25, -0.2) is 4.68 Å². The quantitative estimate of drug-likeness (QED) is 0.499. The van der Waals surface area contributed by atoms with E-state index >= 15 is 0 Å². The van der Waals surface area contributed by atoms with Gasteiger partial charge in [-0.3, -0.25) is 24.2 Å². The van der Waals surface area contributed by atoms with E-state index in [1.807, 2.05) is 0 Å². The average molecular weight is 491 g/mol. The Kier molecular flexibility index (Phi) is 6.32. The zero-order valence-electron chi connectivity index (χ0n) is 19.8. The summed E-state index contributed by atoms with van der Waals surface area (Å²) in [5.41, 5.74) is 0.631. The van der Waals surface area contributed by atoms with E-state index in [4.69, 9.17) is 0 Å². The van der Waals surface area contributed by atoms with Crippen molar-refractivity contribution in [3.05, 3.63) is 76.2 Å². The summed E-state index contributed by atoms with van der Waals surface area (Å²) < 4.78 is 3.09. The Morgan fingerprint density at radius 3 is 2.81 bits per heavy atom. The van der Waals surface area contributed by atoms with E-state index in [2.05, 4.69) is 20.6 Å². The van der Waals surface area contributed by atoms with E-state index < -0.39 is 11.5 Å². The molecule has 186 valence electrons. The van der Waals surface area contributed by atoms with Gasteiger partial charge in [-0.05, 0) is 24.3 Å². The van der Waals surface area contributed by atoms with Gasteiger partial charge >= 0.3 is 0 Å². The van der Waals surface area contributed by atoms with E-state index in [1.165, 1.54) is 21.7 Å². The number of hydrogen-bond donors (Lipinski definition) is 1. The number of fused-ring (bicyclic) bond motifs is 6. The van der Waals surface area contributed by atoms with Crippen LogP contribution in [0.5, 0.6) is 0 Å². The largest absolute Gasteiger partial charge is 0.354 e. The van der Waals surface area contributed by atoms with Gasteiger partial charge in [-0.1, -0.05) is 5.21 Å². The van der Waals surface area contributed by atoms with Crippen LogP contribution in [0.25, 0.3) is 0 Å². The molecular weight excluding hydrogens is 464 g/mol. The van der Waals surface area contributed by atoms with Crippen LogP contribution >= 0.6 is 0 Å². The summed E-state index contributed by atoms with van der Waals surface area (Å²) in [5.74, 6) is -0.958. The van der Waals surface area contributed by atoms with Crippen molar-refractivity contribution in [1.82, 2.24) is 39.7 Å². The zero-order chi connectivity index (χ0) is 25.2. The highest BCUT2D eigenvalue weighted by molar-refractivity contribution is 5.94. The summed E-state index contributed by atoms with van der Waals surface area (Å²) in [4.78, 5) is 58.8. The fourth-order valence-electron chi connectivity index (χ4n) is 4.72. The Morgan fingerprint density at radius 2 is 2.00 bits per heavy atom. The summed E-state index contributed by atoms with van der Waals surface area (Å²) in [5, 5.41) is 11.3. The molecule has 3 aromatic heterocycles. The molecule has 4 bridgehead atoms. The van der Waals surface area contributed by atoms with Crippen molar-refractivity contribution in [1.29, 1.82) is 0 Å². The van der Waals surface area contributed by atoms with Gasteiger partial charge in [0.15, 0.2) is 0 Å². The molecule has 0 aromatic carbocycles. The first kappa shape index (κ1) is 23.4. The van der Waals surface area contributed by atoms with Crippen LogP contribution in [0.3, 0.4) is 0 Å². The van der Waals surface area contributed by atoms with Gasteiger partial charge in [0.2, 0.25) is 5.91 Å². The Labute approximate surface area is 206 Å². The topological polar surface area (TPSA) is 135 Å². The molecule has 12 heteroatoms. The van der Waals surface area contributed by atoms with E-state index in [-0.39, 0.29) is 55.4 Å². The lowest BCUT2D eigenvalue weighted by Gasteiger charge is -2.20. The Balaban J connectivity index is 1.46. The molecular formula is C24H26N8O4. The monoisotopic (exact) mass is 490 g/mol. The van der Waals surface area contributed by atoms with Crippen LogP contribution in [0.4, 0.5) is 0 Å². The maximum absolute atomic E-state index is 13.1. The smallest absolute Gasteiger partial charge is 0.263 e. The van der Waals surface area contributed by atoms with Gasteiger partial charge in [0, 0.05) is 64.2 Å². The number of likely N-dealkylation sites (tertiary alicyclic amines) is 1. The first-order valence-electron chi connectivity index (χ1n) is 11.7. The van der Waals surface area contributed by atoms with Gasteiger partial charge in [-0.15, -0.1) is 5.10 Å². The number of rotatable bonds is 1. The lowest BCUT2D eigenvalue weighted by atomic mass is 9.99. The van der Waals surface area contributed by atoms with Crippen LogP contribution in [-0.2, 0) is 11.3 Å². The molecule has 0 saturated carbocycles. The van der Waals surface area contributed by atoms with Crippen molar-refractivity contribution in [2.45, 2.75) is 19.0 Å². The lowest BCUT2D eigenvalue weighted by Crippen LogP contribution is -2.39. The number of nitrogens with zero attached hydrogens (tertiary/aromatic N) is 7. The van der Waals surface area contributed by atoms with Gasteiger partial charge in [0.05, 0.1) is 24.3 Å². The van der Waals surface area contributed by atoms with E-state index in [9.17, 15) is 19.2 Å². The highest BCUT2D eigenvalue weighted by Gasteiger charge is 2.38. The molecule has 1 N–H and O–H groups in total. The molecule has 2 aliphatic rings. The molecule has 0 aliphatic carbocycles. The molecule has 2 aliphatic heterocycles. The molecule has 5 heterocycles. The minimum absolute atomic E-state index is 0.0474. The number of pyridine rings is 2. The van der Waals surface area contributed by atoms with Crippen molar-refractivity contribution >= 4 is 17.7 Å². The Bertz CT molecular complexity index is 1350. The van der Waals surface area contributed by atoms with Crippen LogP contribution in [0.2, 0.25) is 0 Å². The van der Waals surface area contributed by atoms with E-state index in [1.54, 1.807) is 53.4 Å². The molecule has 5 rings (SSSR count). The third kappa shape index (κ3) is 4.61. The second kappa shape index (κ2) is 9.72. The molecule has 1 fully saturated rings. The SMILES string of the molecule is CN1CCNC(=O)C[C@H]2CN(C(=O)c3cccnc3)C[C@H]2n2cc(nn2)Cn2cccc(c2=O)C1=O. The number of carbonyl (C=O) groups excluding carboxylic acids is 3. The minimum Gasteiger partial charge on any atom is -0.354 e. The maximum atomic E-state index is 13.1. The van der Waals surface area contributed by atoms with Crippen LogP contribution < -0.4 is 10.9 Å². The molecule has 12 nitrogen and oxygen atoms in total. The van der Waals surface area contributed by atoms with Crippen molar-refractivity contribution in [2.75, 3.05) is 33.2 Å². The molecule has 1 saturated heterocycles. The summed E-state index contributed by atoms with van der Waals surface area (Å²) in [6.07, 6.45) is 6.65. The van der Waals surface area contributed by atoms with E-state index in [0.717, 1.165) is 0 Å². The third-order valence-corrected chi connectivity index (χ3v) is 6.65. The van der Waals surface area contributed by atoms with Gasteiger partial charge < -0.3 is 19.7 Å². The first-order chi connectivity index (χ1) is 17.4. The predicted molar refractivity (Wildman–Crippen MR) is 127 cm³/mol. The second-order valence-corrected chi connectivity index (χ2v) is 9.10. The van der Waals surface area contributed by atoms with Crippen molar-refractivity contribution in [2.24, 2.45) is 5.92 Å². The Hall–Kier alpha value is -4.35. The molecule has 0 unspecified atom stereocenters. The average Bonchev–Trinajstić information content (AvgIpc) is 3.51. The van der Waals surface area contributed by atoms with Crippen molar-refractivity contribution in [3.63, 3.8) is 0 Å². The molecule has 36 heavy (non-hydrogen) atoms. The van der Waals surface area contributed by atoms with Crippen LogP contribution in [0, 0.1) is 5.92 Å². The summed E-state index contributed by atoms with van der Waals surface area (Å²) in [6, 6.07) is 6.29. The van der Waals surface area contributed by atoms with Crippen LogP contribution in [0.1, 0.15) is 38.9 Å². The van der Waals surface area contributed by atoms with Gasteiger partial charge in [0.1, 0.15) is 11.3 Å². The van der Waals surface area contributed by atoms with Crippen LogP contribution in [0.15, 0.2) is 53.8 Å². The number of hydrogen-bond acceptors (Lipinski definition) is 7. The summed E-state index contributed by atoms with van der Waals surface area (Å²) in [7, 11) is 1.59. The highest BCUT2D eigenvalue weighted by atomic mass is 16.2. The lowest BCUT2D eigenvalue weighted by molar-refractivity contribution is -0.122. The van der Waals surface area contributed by atoms with Crippen molar-refractivity contribution < 1.29 is 14.4 Å². The minimum atomic E-state index is -0.424. The first-order valence-corrected chi connectivity index (χ1v) is 11.7. The normalized spacial score (nSPS) is 20.7. The number of nitrogens with one attached hydrogen (secondary N) is 1. The standard InChI is InChI=1S/C24H26N8O4/c1-29-9-7-26-21(33)10-17-12-31(22(34)16-4-2-6-25-11-16)15-20(17)32-14-18(27-28-32)13-30-8-3-5-19(23(29)35)24(30)36/h2-6,8,11,14,17,20H,7,9-10,12-13,15H2,1H3,(H,26,33)/t17-,20+/m0/s1. The third-order valence-electron chi connectivity index (χ3n) is 6.65.